The molecule has 4 heteroatoms. The van der Waals surface area contributed by atoms with Crippen LogP contribution in [0.3, 0.4) is 0 Å². The number of benzene rings is 1. The number of hydrogen-bond acceptors (Lipinski definition) is 3. The van der Waals surface area contributed by atoms with Crippen molar-refractivity contribution in [3.63, 3.8) is 0 Å². The fourth-order valence-corrected chi connectivity index (χ4v) is 1.42. The van der Waals surface area contributed by atoms with Crippen molar-refractivity contribution in [2.45, 2.75) is 24.5 Å². The molecule has 0 amide bonds. The lowest BCUT2D eigenvalue weighted by molar-refractivity contribution is -0.149. The van der Waals surface area contributed by atoms with Crippen LogP contribution in [0, 0.1) is 0 Å². The standard InChI is InChI=1S/C11H14O3S/c1-8(11(12)13)14-7-9-3-5-10(15-2)6-4-9/h3-6,8H,7H2,1-2H3,(H,12,13)/t8-/m1/s1. The van der Waals surface area contributed by atoms with Gasteiger partial charge in [0.05, 0.1) is 6.61 Å². The minimum Gasteiger partial charge on any atom is -0.479 e. The third-order valence-corrected chi connectivity index (χ3v) is 2.75. The number of rotatable bonds is 5. The van der Waals surface area contributed by atoms with Gasteiger partial charge >= 0.3 is 5.97 Å². The van der Waals surface area contributed by atoms with Crippen molar-refractivity contribution in [3.8, 4) is 0 Å². The molecule has 82 valence electrons. The first-order chi connectivity index (χ1) is 7.13. The van der Waals surface area contributed by atoms with E-state index < -0.39 is 12.1 Å². The van der Waals surface area contributed by atoms with E-state index in [1.807, 2.05) is 30.5 Å². The molecule has 0 heterocycles. The molecule has 15 heavy (non-hydrogen) atoms. The average Bonchev–Trinajstić information content (AvgIpc) is 2.26. The number of ether oxygens (including phenoxy) is 1. The molecule has 0 bridgehead atoms. The highest BCUT2D eigenvalue weighted by atomic mass is 32.2. The number of hydrogen-bond donors (Lipinski definition) is 1. The maximum atomic E-state index is 10.5. The number of carboxylic acids is 1. The van der Waals surface area contributed by atoms with Crippen LogP contribution in [0.4, 0.5) is 0 Å². The molecule has 0 unspecified atom stereocenters. The Morgan fingerprint density at radius 2 is 2.07 bits per heavy atom. The van der Waals surface area contributed by atoms with E-state index in [2.05, 4.69) is 0 Å². The summed E-state index contributed by atoms with van der Waals surface area (Å²) in [5.41, 5.74) is 0.987. The van der Waals surface area contributed by atoms with Gasteiger partial charge in [0.15, 0.2) is 6.10 Å². The molecule has 0 radical (unpaired) electrons. The lowest BCUT2D eigenvalue weighted by atomic mass is 10.2. The van der Waals surface area contributed by atoms with Crippen LogP contribution in [0.2, 0.25) is 0 Å². The Hall–Kier alpha value is -1.00. The highest BCUT2D eigenvalue weighted by Gasteiger charge is 2.10. The molecule has 1 aromatic rings. The minimum absolute atomic E-state index is 0.335. The van der Waals surface area contributed by atoms with Crippen molar-refractivity contribution in [2.75, 3.05) is 6.26 Å². The lowest BCUT2D eigenvalue weighted by Crippen LogP contribution is -2.19. The Morgan fingerprint density at radius 3 is 2.53 bits per heavy atom. The fraction of sp³-hybridized carbons (Fsp3) is 0.364. The normalized spacial score (nSPS) is 12.4. The van der Waals surface area contributed by atoms with E-state index in [9.17, 15) is 4.79 Å². The van der Waals surface area contributed by atoms with Gasteiger partial charge in [0.2, 0.25) is 0 Å². The van der Waals surface area contributed by atoms with Gasteiger partial charge in [-0.3, -0.25) is 0 Å². The summed E-state index contributed by atoms with van der Waals surface area (Å²) < 4.78 is 5.16. The molecule has 0 aliphatic carbocycles. The zero-order chi connectivity index (χ0) is 11.3. The van der Waals surface area contributed by atoms with Crippen molar-refractivity contribution >= 4 is 17.7 Å². The molecule has 0 spiro atoms. The van der Waals surface area contributed by atoms with Gasteiger partial charge in [-0.25, -0.2) is 4.79 Å². The maximum absolute atomic E-state index is 10.5. The molecule has 3 nitrogen and oxygen atoms in total. The largest absolute Gasteiger partial charge is 0.479 e. The van der Waals surface area contributed by atoms with Crippen LogP contribution in [0.5, 0.6) is 0 Å². The number of carboxylic acid groups (broad SMARTS) is 1. The average molecular weight is 226 g/mol. The van der Waals surface area contributed by atoms with Gasteiger partial charge in [0.25, 0.3) is 0 Å². The molecule has 1 rings (SSSR count). The highest BCUT2D eigenvalue weighted by Crippen LogP contribution is 2.15. The molecular weight excluding hydrogens is 212 g/mol. The number of carbonyl (C=O) groups is 1. The van der Waals surface area contributed by atoms with Crippen LogP contribution in [0.15, 0.2) is 29.2 Å². The quantitative estimate of drug-likeness (QED) is 0.783. The Kier molecular flexibility index (Phi) is 4.65. The molecule has 1 aromatic carbocycles. The van der Waals surface area contributed by atoms with Crippen LogP contribution < -0.4 is 0 Å². The van der Waals surface area contributed by atoms with E-state index in [0.717, 1.165) is 5.56 Å². The molecule has 0 aliphatic rings. The summed E-state index contributed by atoms with van der Waals surface area (Å²) in [5.74, 6) is -0.935. The van der Waals surface area contributed by atoms with Gasteiger partial charge < -0.3 is 9.84 Å². The van der Waals surface area contributed by atoms with Gasteiger partial charge in [-0.05, 0) is 30.9 Å². The van der Waals surface area contributed by atoms with Crippen LogP contribution in [-0.4, -0.2) is 23.4 Å². The van der Waals surface area contributed by atoms with Crippen LogP contribution >= 0.6 is 11.8 Å². The predicted octanol–water partition coefficient (Wildman–Crippen LogP) is 2.40. The molecule has 0 saturated carbocycles. The predicted molar refractivity (Wildman–Crippen MR) is 60.1 cm³/mol. The van der Waals surface area contributed by atoms with Crippen molar-refractivity contribution in [3.05, 3.63) is 29.8 Å². The molecule has 0 aromatic heterocycles. The van der Waals surface area contributed by atoms with Crippen LogP contribution in [0.25, 0.3) is 0 Å². The molecule has 0 aliphatic heterocycles. The molecule has 1 N–H and O–H groups in total. The summed E-state index contributed by atoms with van der Waals surface area (Å²) in [4.78, 5) is 11.7. The SMILES string of the molecule is CSc1ccc(CO[C@H](C)C(=O)O)cc1. The first-order valence-electron chi connectivity index (χ1n) is 4.61. The Balaban J connectivity index is 2.47. The summed E-state index contributed by atoms with van der Waals surface area (Å²) >= 11 is 1.67. The van der Waals surface area contributed by atoms with Crippen molar-refractivity contribution in [1.29, 1.82) is 0 Å². The zero-order valence-electron chi connectivity index (χ0n) is 8.77. The lowest BCUT2D eigenvalue weighted by Gasteiger charge is -2.08. The third kappa shape index (κ3) is 3.93. The fourth-order valence-electron chi connectivity index (χ4n) is 1.01. The topological polar surface area (TPSA) is 46.5 Å². The first kappa shape index (κ1) is 12.1. The minimum atomic E-state index is -0.935. The van der Waals surface area contributed by atoms with Gasteiger partial charge in [-0.1, -0.05) is 12.1 Å². The van der Waals surface area contributed by atoms with Crippen LogP contribution in [-0.2, 0) is 16.1 Å². The molecule has 0 fully saturated rings. The number of thioether (sulfide) groups is 1. The monoisotopic (exact) mass is 226 g/mol. The summed E-state index contributed by atoms with van der Waals surface area (Å²) in [5, 5.41) is 8.61. The van der Waals surface area contributed by atoms with E-state index in [-0.39, 0.29) is 0 Å². The second-order valence-electron chi connectivity index (χ2n) is 3.14. The maximum Gasteiger partial charge on any atom is 0.332 e. The van der Waals surface area contributed by atoms with Gasteiger partial charge in [0.1, 0.15) is 0 Å². The number of aliphatic carboxylic acids is 1. The smallest absolute Gasteiger partial charge is 0.332 e. The summed E-state index contributed by atoms with van der Waals surface area (Å²) in [6, 6.07) is 7.88. The highest BCUT2D eigenvalue weighted by molar-refractivity contribution is 7.98. The van der Waals surface area contributed by atoms with E-state index in [1.54, 1.807) is 11.8 Å². The van der Waals surface area contributed by atoms with E-state index in [1.165, 1.54) is 11.8 Å². The summed E-state index contributed by atoms with van der Waals surface area (Å²) in [6.45, 7) is 1.86. The Bertz CT molecular complexity index is 321. The Labute approximate surface area is 93.4 Å². The van der Waals surface area contributed by atoms with Crippen molar-refractivity contribution < 1.29 is 14.6 Å². The molecule has 1 atom stereocenters. The van der Waals surface area contributed by atoms with E-state index in [0.29, 0.717) is 6.61 Å². The Morgan fingerprint density at radius 1 is 1.47 bits per heavy atom. The van der Waals surface area contributed by atoms with Crippen LogP contribution in [0.1, 0.15) is 12.5 Å². The first-order valence-corrected chi connectivity index (χ1v) is 5.83. The molecule has 0 saturated heterocycles. The summed E-state index contributed by atoms with van der Waals surface area (Å²) in [7, 11) is 0. The van der Waals surface area contributed by atoms with Gasteiger partial charge in [0, 0.05) is 4.90 Å². The molecular formula is C11H14O3S. The second kappa shape index (κ2) is 5.78. The summed E-state index contributed by atoms with van der Waals surface area (Å²) in [6.07, 6.45) is 1.25. The zero-order valence-corrected chi connectivity index (χ0v) is 9.58. The van der Waals surface area contributed by atoms with Gasteiger partial charge in [-0.2, -0.15) is 0 Å². The second-order valence-corrected chi connectivity index (χ2v) is 4.02. The van der Waals surface area contributed by atoms with Crippen molar-refractivity contribution in [1.82, 2.24) is 0 Å². The third-order valence-electron chi connectivity index (χ3n) is 2.01. The van der Waals surface area contributed by atoms with E-state index in [4.69, 9.17) is 9.84 Å². The van der Waals surface area contributed by atoms with E-state index >= 15 is 0 Å². The van der Waals surface area contributed by atoms with Gasteiger partial charge in [-0.15, -0.1) is 11.8 Å². The van der Waals surface area contributed by atoms with Crippen molar-refractivity contribution in [2.24, 2.45) is 0 Å².